The molecule has 2 aromatic carbocycles. The third kappa shape index (κ3) is 5.85. The summed E-state index contributed by atoms with van der Waals surface area (Å²) in [5.74, 6) is 0.766. The molecule has 2 atom stereocenters. The van der Waals surface area contributed by atoms with Gasteiger partial charge in [0.25, 0.3) is 0 Å². The van der Waals surface area contributed by atoms with E-state index in [0.29, 0.717) is 6.54 Å². The largest absolute Gasteiger partial charge is 0.497 e. The van der Waals surface area contributed by atoms with Gasteiger partial charge in [0.05, 0.1) is 13.0 Å². The Morgan fingerprint density at radius 2 is 1.83 bits per heavy atom. The molecule has 1 saturated heterocycles. The molecular weight excluding hydrogens is 376 g/mol. The van der Waals surface area contributed by atoms with E-state index in [1.165, 1.54) is 5.56 Å². The minimum absolute atomic E-state index is 0.0698. The summed E-state index contributed by atoms with van der Waals surface area (Å²) in [4.78, 5) is 27.6. The second kappa shape index (κ2) is 10.8. The maximum absolute atomic E-state index is 13.0. The molecule has 2 amide bonds. The number of hydrogen-bond acceptors (Lipinski definition) is 3. The number of unbranched alkanes of at least 4 members (excludes halogenated alkanes) is 1. The first kappa shape index (κ1) is 21.9. The Hall–Kier alpha value is -2.82. The molecule has 1 heterocycles. The van der Waals surface area contributed by atoms with Crippen molar-refractivity contribution in [2.24, 2.45) is 11.8 Å². The average molecular weight is 409 g/mol. The summed E-state index contributed by atoms with van der Waals surface area (Å²) in [6.07, 6.45) is 3.13. The Kier molecular flexibility index (Phi) is 7.89. The van der Waals surface area contributed by atoms with E-state index in [2.05, 4.69) is 24.4 Å². The number of rotatable bonds is 10. The van der Waals surface area contributed by atoms with Gasteiger partial charge in [0.2, 0.25) is 11.8 Å². The summed E-state index contributed by atoms with van der Waals surface area (Å²) in [5.41, 5.74) is 2.23. The molecule has 1 aliphatic heterocycles. The number of benzene rings is 2. The first-order chi connectivity index (χ1) is 14.6. The van der Waals surface area contributed by atoms with Gasteiger partial charge in [0.1, 0.15) is 5.75 Å². The van der Waals surface area contributed by atoms with Gasteiger partial charge in [-0.3, -0.25) is 9.59 Å². The third-order valence-corrected chi connectivity index (χ3v) is 5.83. The molecule has 0 unspecified atom stereocenters. The van der Waals surface area contributed by atoms with Gasteiger partial charge in [-0.2, -0.15) is 0 Å². The molecule has 1 aliphatic rings. The molecule has 0 saturated carbocycles. The lowest BCUT2D eigenvalue weighted by Crippen LogP contribution is -2.32. The van der Waals surface area contributed by atoms with Crippen LogP contribution in [0.2, 0.25) is 0 Å². The number of methoxy groups -OCH3 is 1. The Labute approximate surface area is 179 Å². The Morgan fingerprint density at radius 1 is 1.10 bits per heavy atom. The molecule has 5 heteroatoms. The average Bonchev–Trinajstić information content (AvgIpc) is 3.06. The highest BCUT2D eigenvalue weighted by molar-refractivity contribution is 5.87. The van der Waals surface area contributed by atoms with Gasteiger partial charge in [0.15, 0.2) is 0 Å². The van der Waals surface area contributed by atoms with Crippen LogP contribution in [0, 0.1) is 11.8 Å². The maximum atomic E-state index is 13.0. The summed E-state index contributed by atoms with van der Waals surface area (Å²) in [6.45, 7) is 4.10. The predicted molar refractivity (Wildman–Crippen MR) is 118 cm³/mol. The molecule has 1 N–H and O–H groups in total. The van der Waals surface area contributed by atoms with Crippen LogP contribution in [-0.2, 0) is 22.6 Å². The number of nitrogens with one attached hydrogen (secondary N) is 1. The number of amides is 2. The lowest BCUT2D eigenvalue weighted by Gasteiger charge is -2.16. The van der Waals surface area contributed by atoms with Crippen molar-refractivity contribution >= 4 is 11.8 Å². The zero-order valence-corrected chi connectivity index (χ0v) is 18.0. The predicted octanol–water partition coefficient (Wildman–Crippen LogP) is 3.82. The minimum atomic E-state index is -0.252. The van der Waals surface area contributed by atoms with Gasteiger partial charge >= 0.3 is 0 Å². The Bertz CT molecular complexity index is 820. The van der Waals surface area contributed by atoms with Gasteiger partial charge in [-0.25, -0.2) is 0 Å². The first-order valence-corrected chi connectivity index (χ1v) is 10.8. The zero-order chi connectivity index (χ0) is 21.3. The summed E-state index contributed by atoms with van der Waals surface area (Å²) >= 11 is 0. The number of hydrogen-bond donors (Lipinski definition) is 1. The van der Waals surface area contributed by atoms with Crippen LogP contribution in [0.25, 0.3) is 0 Å². The van der Waals surface area contributed by atoms with Crippen LogP contribution in [0.15, 0.2) is 54.6 Å². The highest BCUT2D eigenvalue weighted by atomic mass is 16.5. The van der Waals surface area contributed by atoms with Crippen molar-refractivity contribution in [3.05, 3.63) is 65.7 Å². The first-order valence-electron chi connectivity index (χ1n) is 10.8. The molecule has 2 aromatic rings. The van der Waals surface area contributed by atoms with Crippen molar-refractivity contribution in [3.63, 3.8) is 0 Å². The van der Waals surface area contributed by atoms with Gasteiger partial charge in [-0.05, 0) is 42.0 Å². The van der Waals surface area contributed by atoms with E-state index >= 15 is 0 Å². The molecule has 0 spiro atoms. The van der Waals surface area contributed by atoms with Crippen molar-refractivity contribution in [2.45, 2.75) is 39.2 Å². The highest BCUT2D eigenvalue weighted by Gasteiger charge is 2.40. The Morgan fingerprint density at radius 3 is 2.50 bits per heavy atom. The monoisotopic (exact) mass is 408 g/mol. The van der Waals surface area contributed by atoms with Gasteiger partial charge < -0.3 is 15.0 Å². The van der Waals surface area contributed by atoms with E-state index in [0.717, 1.165) is 43.7 Å². The van der Waals surface area contributed by atoms with Crippen molar-refractivity contribution in [2.75, 3.05) is 20.2 Å². The van der Waals surface area contributed by atoms with Gasteiger partial charge in [0, 0.05) is 26.1 Å². The van der Waals surface area contributed by atoms with E-state index in [9.17, 15) is 9.59 Å². The summed E-state index contributed by atoms with van der Waals surface area (Å²) in [7, 11) is 1.63. The van der Waals surface area contributed by atoms with Crippen molar-refractivity contribution < 1.29 is 14.3 Å². The van der Waals surface area contributed by atoms with Crippen molar-refractivity contribution in [1.29, 1.82) is 0 Å². The van der Waals surface area contributed by atoms with E-state index in [4.69, 9.17) is 4.74 Å². The van der Waals surface area contributed by atoms with Crippen molar-refractivity contribution in [3.8, 4) is 5.75 Å². The molecule has 0 radical (unpaired) electrons. The smallest absolute Gasteiger partial charge is 0.226 e. The molecule has 0 aliphatic carbocycles. The molecule has 5 nitrogen and oxygen atoms in total. The number of carbonyl (C=O) groups excluding carboxylic acids is 2. The van der Waals surface area contributed by atoms with Crippen LogP contribution in [0.1, 0.15) is 37.3 Å². The highest BCUT2D eigenvalue weighted by Crippen LogP contribution is 2.31. The van der Waals surface area contributed by atoms with E-state index in [1.807, 2.05) is 47.4 Å². The van der Waals surface area contributed by atoms with Gasteiger partial charge in [-0.1, -0.05) is 55.8 Å². The number of carbonyl (C=O) groups is 2. The second-order valence-corrected chi connectivity index (χ2v) is 8.02. The summed E-state index contributed by atoms with van der Waals surface area (Å²) < 4.78 is 5.16. The number of likely N-dealkylation sites (tertiary alicyclic amines) is 1. The minimum Gasteiger partial charge on any atom is -0.497 e. The maximum Gasteiger partial charge on any atom is 0.226 e. The molecule has 3 rings (SSSR count). The van der Waals surface area contributed by atoms with Crippen LogP contribution in [0.4, 0.5) is 0 Å². The summed E-state index contributed by atoms with van der Waals surface area (Å²) in [5, 5.41) is 2.98. The molecular formula is C25H32N2O3. The van der Waals surface area contributed by atoms with E-state index in [-0.39, 0.29) is 30.1 Å². The van der Waals surface area contributed by atoms with E-state index in [1.54, 1.807) is 7.11 Å². The molecule has 0 bridgehead atoms. The van der Waals surface area contributed by atoms with Crippen LogP contribution >= 0.6 is 0 Å². The quantitative estimate of drug-likeness (QED) is 0.650. The SMILES string of the molecule is CCCCN1C[C@H](Cc2ccccc2)[C@@H](CC(=O)NCc2ccc(OC)cc2)C1=O. The third-order valence-electron chi connectivity index (χ3n) is 5.83. The molecule has 0 aromatic heterocycles. The fourth-order valence-corrected chi connectivity index (χ4v) is 4.08. The Balaban J connectivity index is 1.61. The molecule has 160 valence electrons. The van der Waals surface area contributed by atoms with E-state index < -0.39 is 0 Å². The molecule has 1 fully saturated rings. The van der Waals surface area contributed by atoms with Crippen LogP contribution in [0.3, 0.4) is 0 Å². The second-order valence-electron chi connectivity index (χ2n) is 8.02. The van der Waals surface area contributed by atoms with Crippen LogP contribution in [0.5, 0.6) is 5.75 Å². The lowest BCUT2D eigenvalue weighted by atomic mass is 9.87. The molecule has 30 heavy (non-hydrogen) atoms. The fraction of sp³-hybridized carbons (Fsp3) is 0.440. The standard InChI is InChI=1S/C25H32N2O3/c1-3-4-14-27-18-21(15-19-8-6-5-7-9-19)23(25(27)29)16-24(28)26-17-20-10-12-22(30-2)13-11-20/h5-13,21,23H,3-4,14-18H2,1-2H3,(H,26,28)/t21-,23+/m0/s1. The zero-order valence-electron chi connectivity index (χ0n) is 18.0. The number of nitrogens with zero attached hydrogens (tertiary/aromatic N) is 1. The number of ether oxygens (including phenoxy) is 1. The van der Waals surface area contributed by atoms with Crippen LogP contribution < -0.4 is 10.1 Å². The normalized spacial score (nSPS) is 18.5. The van der Waals surface area contributed by atoms with Crippen LogP contribution in [-0.4, -0.2) is 36.9 Å². The topological polar surface area (TPSA) is 58.6 Å². The summed E-state index contributed by atoms with van der Waals surface area (Å²) in [6, 6.07) is 17.9. The van der Waals surface area contributed by atoms with Crippen molar-refractivity contribution in [1.82, 2.24) is 10.2 Å². The fourth-order valence-electron chi connectivity index (χ4n) is 4.08. The lowest BCUT2D eigenvalue weighted by molar-refractivity contribution is -0.134. The van der Waals surface area contributed by atoms with Gasteiger partial charge in [-0.15, -0.1) is 0 Å².